The van der Waals surface area contributed by atoms with Crippen LogP contribution in [0.3, 0.4) is 0 Å². The summed E-state index contributed by atoms with van der Waals surface area (Å²) in [5.41, 5.74) is 5.80. The second-order valence-electron chi connectivity index (χ2n) is 4.72. The van der Waals surface area contributed by atoms with Gasteiger partial charge in [-0.05, 0) is 43.7 Å². The van der Waals surface area contributed by atoms with Crippen molar-refractivity contribution in [1.29, 1.82) is 0 Å². The Morgan fingerprint density at radius 1 is 1.26 bits per heavy atom. The van der Waals surface area contributed by atoms with Gasteiger partial charge >= 0.3 is 0 Å². The third kappa shape index (κ3) is 5.19. The zero-order chi connectivity index (χ0) is 12.8. The molecule has 1 aliphatic rings. The summed E-state index contributed by atoms with van der Waals surface area (Å²) in [6.07, 6.45) is 3.80. The lowest BCUT2D eigenvalue weighted by molar-refractivity contribution is 0.127. The first-order valence-corrected chi connectivity index (χ1v) is 7.00. The van der Waals surface area contributed by atoms with Crippen LogP contribution in [0.1, 0.15) is 19.3 Å². The lowest BCUT2D eigenvalue weighted by atomic mass is 10.0. The predicted molar refractivity (Wildman–Crippen MR) is 82.5 cm³/mol. The Morgan fingerprint density at radius 3 is 2.68 bits per heavy atom. The summed E-state index contributed by atoms with van der Waals surface area (Å²) in [5.74, 6) is 0.876. The van der Waals surface area contributed by atoms with Crippen LogP contribution in [-0.2, 0) is 0 Å². The molecule has 19 heavy (non-hydrogen) atoms. The second-order valence-corrected chi connectivity index (χ2v) is 5.16. The number of likely N-dealkylation sites (tertiary alicyclic amines) is 1. The van der Waals surface area contributed by atoms with Crippen LogP contribution in [0.15, 0.2) is 24.3 Å². The number of nitrogens with two attached hydrogens (primary N) is 1. The Kier molecular flexibility index (Phi) is 7.54. The van der Waals surface area contributed by atoms with E-state index in [0.29, 0.717) is 12.6 Å². The van der Waals surface area contributed by atoms with E-state index in [9.17, 15) is 0 Å². The summed E-state index contributed by atoms with van der Waals surface area (Å²) in [7, 11) is 0. The molecule has 1 aromatic rings. The molecule has 1 atom stereocenters. The van der Waals surface area contributed by atoms with Crippen LogP contribution in [0.4, 0.5) is 0 Å². The molecule has 3 nitrogen and oxygen atoms in total. The van der Waals surface area contributed by atoms with Gasteiger partial charge in [0, 0.05) is 24.2 Å². The number of hydrogen-bond acceptors (Lipinski definition) is 3. The quantitative estimate of drug-likeness (QED) is 0.909. The van der Waals surface area contributed by atoms with Crippen molar-refractivity contribution in [2.45, 2.75) is 25.3 Å². The van der Waals surface area contributed by atoms with E-state index in [2.05, 4.69) is 4.90 Å². The van der Waals surface area contributed by atoms with Gasteiger partial charge in [0.1, 0.15) is 12.4 Å². The number of hydrogen-bond donors (Lipinski definition) is 1. The Labute approximate surface area is 126 Å². The van der Waals surface area contributed by atoms with Crippen LogP contribution in [-0.4, -0.2) is 37.2 Å². The molecular formula is C14H22Cl2N2O. The van der Waals surface area contributed by atoms with Gasteiger partial charge in [-0.1, -0.05) is 18.0 Å². The predicted octanol–water partition coefficient (Wildman–Crippen LogP) is 2.95. The normalized spacial score (nSPS) is 19.8. The zero-order valence-corrected chi connectivity index (χ0v) is 12.6. The number of nitrogens with zero attached hydrogens (tertiary/aromatic N) is 1. The molecule has 0 saturated carbocycles. The monoisotopic (exact) mass is 304 g/mol. The summed E-state index contributed by atoms with van der Waals surface area (Å²) in [4.78, 5) is 2.44. The van der Waals surface area contributed by atoms with Crippen molar-refractivity contribution in [3.8, 4) is 5.75 Å². The molecule has 2 rings (SSSR count). The maximum Gasteiger partial charge on any atom is 0.119 e. The summed E-state index contributed by atoms with van der Waals surface area (Å²) in [5, 5.41) is 0.738. The van der Waals surface area contributed by atoms with Crippen LogP contribution < -0.4 is 10.5 Å². The minimum atomic E-state index is 0. The zero-order valence-electron chi connectivity index (χ0n) is 11.1. The number of halogens is 2. The molecule has 0 aliphatic carbocycles. The molecule has 2 N–H and O–H groups in total. The third-order valence-electron chi connectivity index (χ3n) is 3.48. The molecule has 0 bridgehead atoms. The van der Waals surface area contributed by atoms with E-state index in [-0.39, 0.29) is 12.4 Å². The van der Waals surface area contributed by atoms with Crippen molar-refractivity contribution >= 4 is 24.0 Å². The van der Waals surface area contributed by atoms with E-state index in [1.807, 2.05) is 24.3 Å². The van der Waals surface area contributed by atoms with Crippen molar-refractivity contribution < 1.29 is 4.74 Å². The van der Waals surface area contributed by atoms with E-state index in [1.54, 1.807) is 0 Å². The van der Waals surface area contributed by atoms with Crippen molar-refractivity contribution in [1.82, 2.24) is 4.90 Å². The molecule has 0 radical (unpaired) electrons. The van der Waals surface area contributed by atoms with E-state index in [4.69, 9.17) is 22.1 Å². The standard InChI is InChI=1S/C14H21ClN2O.ClH/c15-12-4-6-14(7-5-12)18-10-9-17-8-2-1-3-13(17)11-16;/h4-7,13H,1-3,8-11,16H2;1H. The van der Waals surface area contributed by atoms with Crippen LogP contribution in [0.25, 0.3) is 0 Å². The lowest BCUT2D eigenvalue weighted by Gasteiger charge is -2.34. The highest BCUT2D eigenvalue weighted by Gasteiger charge is 2.20. The Morgan fingerprint density at radius 2 is 2.00 bits per heavy atom. The minimum Gasteiger partial charge on any atom is -0.492 e. The molecule has 1 heterocycles. The lowest BCUT2D eigenvalue weighted by Crippen LogP contribution is -2.45. The summed E-state index contributed by atoms with van der Waals surface area (Å²) in [6.45, 7) is 3.55. The molecule has 1 aliphatic heterocycles. The Hall–Kier alpha value is -0.480. The number of rotatable bonds is 5. The fourth-order valence-electron chi connectivity index (χ4n) is 2.43. The van der Waals surface area contributed by atoms with Gasteiger partial charge in [0.05, 0.1) is 0 Å². The molecule has 5 heteroatoms. The van der Waals surface area contributed by atoms with E-state index in [1.165, 1.54) is 19.3 Å². The summed E-state index contributed by atoms with van der Waals surface area (Å²) in [6, 6.07) is 8.03. The Balaban J connectivity index is 0.00000180. The number of piperidine rings is 1. The second kappa shape index (κ2) is 8.64. The van der Waals surface area contributed by atoms with Crippen molar-refractivity contribution in [2.75, 3.05) is 26.2 Å². The molecule has 1 aromatic carbocycles. The van der Waals surface area contributed by atoms with Crippen LogP contribution >= 0.6 is 24.0 Å². The van der Waals surface area contributed by atoms with E-state index in [0.717, 1.165) is 30.4 Å². The molecule has 0 aromatic heterocycles. The third-order valence-corrected chi connectivity index (χ3v) is 3.73. The molecule has 108 valence electrons. The van der Waals surface area contributed by atoms with Crippen molar-refractivity contribution in [3.05, 3.63) is 29.3 Å². The average Bonchev–Trinajstić information content (AvgIpc) is 2.41. The fraction of sp³-hybridized carbons (Fsp3) is 0.571. The summed E-state index contributed by atoms with van der Waals surface area (Å²) < 4.78 is 5.72. The van der Waals surface area contributed by atoms with Gasteiger partial charge in [-0.2, -0.15) is 0 Å². The van der Waals surface area contributed by atoms with Gasteiger partial charge in [0.15, 0.2) is 0 Å². The fourth-order valence-corrected chi connectivity index (χ4v) is 2.56. The highest BCUT2D eigenvalue weighted by Crippen LogP contribution is 2.17. The van der Waals surface area contributed by atoms with Gasteiger partial charge < -0.3 is 10.5 Å². The smallest absolute Gasteiger partial charge is 0.119 e. The van der Waals surface area contributed by atoms with Crippen LogP contribution in [0, 0.1) is 0 Å². The summed E-state index contributed by atoms with van der Waals surface area (Å²) >= 11 is 5.83. The number of benzene rings is 1. The van der Waals surface area contributed by atoms with Gasteiger partial charge in [-0.15, -0.1) is 12.4 Å². The maximum atomic E-state index is 5.83. The van der Waals surface area contributed by atoms with Gasteiger partial charge in [0.2, 0.25) is 0 Å². The van der Waals surface area contributed by atoms with Gasteiger partial charge in [-0.25, -0.2) is 0 Å². The molecular weight excluding hydrogens is 283 g/mol. The average molecular weight is 305 g/mol. The topological polar surface area (TPSA) is 38.5 Å². The van der Waals surface area contributed by atoms with Gasteiger partial charge in [-0.3, -0.25) is 4.90 Å². The molecule has 1 unspecified atom stereocenters. The van der Waals surface area contributed by atoms with E-state index < -0.39 is 0 Å². The Bertz CT molecular complexity index is 359. The van der Waals surface area contributed by atoms with Crippen LogP contribution in [0.5, 0.6) is 5.75 Å². The first-order chi connectivity index (χ1) is 8.79. The van der Waals surface area contributed by atoms with Crippen molar-refractivity contribution in [3.63, 3.8) is 0 Å². The molecule has 0 amide bonds. The minimum absolute atomic E-state index is 0. The van der Waals surface area contributed by atoms with E-state index >= 15 is 0 Å². The highest BCUT2D eigenvalue weighted by atomic mass is 35.5. The van der Waals surface area contributed by atoms with Crippen LogP contribution in [0.2, 0.25) is 5.02 Å². The molecule has 0 spiro atoms. The first kappa shape index (κ1) is 16.6. The molecule has 1 saturated heterocycles. The number of ether oxygens (including phenoxy) is 1. The SMILES string of the molecule is Cl.NCC1CCCCN1CCOc1ccc(Cl)cc1. The highest BCUT2D eigenvalue weighted by molar-refractivity contribution is 6.30. The first-order valence-electron chi connectivity index (χ1n) is 6.62. The molecule has 1 fully saturated rings. The van der Waals surface area contributed by atoms with Crippen molar-refractivity contribution in [2.24, 2.45) is 5.73 Å². The largest absolute Gasteiger partial charge is 0.492 e. The van der Waals surface area contributed by atoms with Gasteiger partial charge in [0.25, 0.3) is 0 Å². The maximum absolute atomic E-state index is 5.83.